The van der Waals surface area contributed by atoms with Gasteiger partial charge in [0.2, 0.25) is 0 Å². The van der Waals surface area contributed by atoms with E-state index in [4.69, 9.17) is 9.47 Å². The van der Waals surface area contributed by atoms with Crippen LogP contribution in [0.2, 0.25) is 0 Å². The van der Waals surface area contributed by atoms with Crippen LogP contribution in [0.25, 0.3) is 0 Å². The summed E-state index contributed by atoms with van der Waals surface area (Å²) >= 11 is 0. The van der Waals surface area contributed by atoms with Crippen molar-refractivity contribution in [2.75, 3.05) is 7.11 Å². The molecule has 1 aromatic heterocycles. The number of carbonyl (C=O) groups excluding carboxylic acids is 2. The predicted molar refractivity (Wildman–Crippen MR) is 102 cm³/mol. The smallest absolute Gasteiger partial charge is 0.412 e. The van der Waals surface area contributed by atoms with Gasteiger partial charge in [-0.25, -0.2) is 4.79 Å². The largest absolute Gasteiger partial charge is 0.497 e. The van der Waals surface area contributed by atoms with Crippen LogP contribution in [0.15, 0.2) is 36.5 Å². The molecular weight excluding hydrogens is 376 g/mol. The molecule has 1 aliphatic carbocycles. The Labute approximate surface area is 167 Å². The number of ketones is 1. The van der Waals surface area contributed by atoms with Crippen LogP contribution in [0.4, 0.5) is 4.79 Å². The van der Waals surface area contributed by atoms with Gasteiger partial charge < -0.3 is 24.5 Å². The number of amides is 1. The number of aliphatic carboxylic acids is 1. The van der Waals surface area contributed by atoms with Crippen LogP contribution >= 0.6 is 0 Å². The van der Waals surface area contributed by atoms with Crippen LogP contribution in [0.5, 0.6) is 11.5 Å². The summed E-state index contributed by atoms with van der Waals surface area (Å²) in [7, 11) is 1.55. The summed E-state index contributed by atoms with van der Waals surface area (Å²) in [6, 6.07) is 8.10. The molecule has 3 atom stereocenters. The van der Waals surface area contributed by atoms with Crippen molar-refractivity contribution >= 4 is 17.8 Å². The van der Waals surface area contributed by atoms with Crippen LogP contribution in [0.1, 0.15) is 30.0 Å². The Kier molecular flexibility index (Phi) is 5.00. The Balaban J connectivity index is 1.53. The van der Waals surface area contributed by atoms with Crippen molar-refractivity contribution < 1.29 is 29.0 Å². The lowest BCUT2D eigenvalue weighted by Crippen LogP contribution is -2.45. The summed E-state index contributed by atoms with van der Waals surface area (Å²) in [5.74, 6) is -1.47. The molecule has 1 aliphatic heterocycles. The molecule has 0 saturated carbocycles. The lowest BCUT2D eigenvalue weighted by Gasteiger charge is -2.31. The Bertz CT molecular complexity index is 949. The van der Waals surface area contributed by atoms with Crippen LogP contribution in [-0.4, -0.2) is 40.7 Å². The van der Waals surface area contributed by atoms with Crippen LogP contribution in [-0.2, 0) is 22.6 Å². The molecule has 2 N–H and O–H groups in total. The van der Waals surface area contributed by atoms with Crippen LogP contribution in [0, 0.1) is 5.92 Å². The van der Waals surface area contributed by atoms with E-state index in [-0.39, 0.29) is 18.7 Å². The van der Waals surface area contributed by atoms with E-state index in [1.165, 1.54) is 0 Å². The lowest BCUT2D eigenvalue weighted by atomic mass is 9.79. The third-order valence-electron chi connectivity index (χ3n) is 5.65. The average molecular weight is 398 g/mol. The monoisotopic (exact) mass is 398 g/mol. The highest BCUT2D eigenvalue weighted by Crippen LogP contribution is 2.38. The zero-order valence-electron chi connectivity index (χ0n) is 16.0. The highest BCUT2D eigenvalue weighted by molar-refractivity contribution is 5.91. The predicted octanol–water partition coefficient (Wildman–Crippen LogP) is 2.36. The van der Waals surface area contributed by atoms with Gasteiger partial charge in [-0.3, -0.25) is 9.59 Å². The van der Waals surface area contributed by atoms with Gasteiger partial charge in [-0.05, 0) is 48.7 Å². The number of aryl methyl sites for hydroxylation is 1. The normalized spacial score (nSPS) is 22.9. The number of nitrogens with one attached hydrogen (secondary N) is 1. The summed E-state index contributed by atoms with van der Waals surface area (Å²) in [5, 5.41) is 12.3. The first kappa shape index (κ1) is 19.0. The number of benzene rings is 1. The van der Waals surface area contributed by atoms with E-state index < -0.39 is 29.9 Å². The van der Waals surface area contributed by atoms with E-state index in [0.717, 1.165) is 11.3 Å². The molecule has 152 valence electrons. The number of hydrogen-bond donors (Lipinski definition) is 2. The number of ether oxygens (including phenoxy) is 2. The van der Waals surface area contributed by atoms with Crippen LogP contribution < -0.4 is 14.8 Å². The van der Waals surface area contributed by atoms with Gasteiger partial charge in [-0.2, -0.15) is 0 Å². The van der Waals surface area contributed by atoms with E-state index in [2.05, 4.69) is 5.32 Å². The number of Topliss-reactive ketones (excluding diaryl/α,β-unsaturated/α-hetero) is 1. The molecular formula is C21H22N2O6. The molecule has 2 aromatic rings. The topological polar surface area (TPSA) is 107 Å². The number of hydrogen-bond acceptors (Lipinski definition) is 5. The number of rotatable bonds is 4. The number of aromatic nitrogens is 1. The minimum atomic E-state index is -0.983. The molecule has 0 bridgehead atoms. The third kappa shape index (κ3) is 3.70. The van der Waals surface area contributed by atoms with Crippen molar-refractivity contribution in [1.82, 2.24) is 9.88 Å². The molecule has 0 saturated heterocycles. The van der Waals surface area contributed by atoms with Gasteiger partial charge in [-0.1, -0.05) is 0 Å². The van der Waals surface area contributed by atoms with Gasteiger partial charge in [0.25, 0.3) is 0 Å². The second-order valence-corrected chi connectivity index (χ2v) is 7.42. The SMILES string of the molecule is COc1ccc(OC(=O)NC2CCc3ccn4c3C2C(=O)CC(C(=O)O)C4)cc1. The fraction of sp³-hybridized carbons (Fsp3) is 0.381. The molecule has 0 fully saturated rings. The maximum absolute atomic E-state index is 12.9. The zero-order chi connectivity index (χ0) is 20.5. The number of carboxylic acids is 1. The summed E-state index contributed by atoms with van der Waals surface area (Å²) in [6.45, 7) is 0.260. The first-order valence-corrected chi connectivity index (χ1v) is 9.52. The van der Waals surface area contributed by atoms with Gasteiger partial charge in [0.1, 0.15) is 17.3 Å². The quantitative estimate of drug-likeness (QED) is 0.819. The first-order chi connectivity index (χ1) is 14.0. The molecule has 1 amide bonds. The maximum Gasteiger partial charge on any atom is 0.412 e. The minimum Gasteiger partial charge on any atom is -0.497 e. The van der Waals surface area contributed by atoms with E-state index in [0.29, 0.717) is 24.3 Å². The molecule has 2 aliphatic rings. The van der Waals surface area contributed by atoms with Crippen molar-refractivity contribution in [3.63, 3.8) is 0 Å². The highest BCUT2D eigenvalue weighted by atomic mass is 16.6. The Morgan fingerprint density at radius 1 is 1.17 bits per heavy atom. The average Bonchev–Trinajstić information content (AvgIpc) is 3.03. The van der Waals surface area contributed by atoms with E-state index >= 15 is 0 Å². The van der Waals surface area contributed by atoms with Gasteiger partial charge in [-0.15, -0.1) is 0 Å². The fourth-order valence-electron chi connectivity index (χ4n) is 4.25. The summed E-state index contributed by atoms with van der Waals surface area (Å²) in [6.07, 6.45) is 2.44. The Morgan fingerprint density at radius 2 is 1.90 bits per heavy atom. The first-order valence-electron chi connectivity index (χ1n) is 9.52. The van der Waals surface area contributed by atoms with Crippen molar-refractivity contribution in [2.45, 2.75) is 37.8 Å². The molecule has 2 heterocycles. The van der Waals surface area contributed by atoms with E-state index in [1.807, 2.05) is 16.8 Å². The van der Waals surface area contributed by atoms with Gasteiger partial charge in [0, 0.05) is 30.9 Å². The van der Waals surface area contributed by atoms with Crippen LogP contribution in [0.3, 0.4) is 0 Å². The molecule has 0 radical (unpaired) electrons. The minimum absolute atomic E-state index is 0.0488. The fourth-order valence-corrected chi connectivity index (χ4v) is 4.25. The van der Waals surface area contributed by atoms with E-state index in [9.17, 15) is 19.5 Å². The summed E-state index contributed by atoms with van der Waals surface area (Å²) in [5.41, 5.74) is 1.86. The molecule has 8 nitrogen and oxygen atoms in total. The summed E-state index contributed by atoms with van der Waals surface area (Å²) < 4.78 is 12.3. The van der Waals surface area contributed by atoms with Gasteiger partial charge >= 0.3 is 12.1 Å². The second-order valence-electron chi connectivity index (χ2n) is 7.42. The lowest BCUT2D eigenvalue weighted by molar-refractivity contribution is -0.144. The molecule has 29 heavy (non-hydrogen) atoms. The highest BCUT2D eigenvalue weighted by Gasteiger charge is 2.42. The van der Waals surface area contributed by atoms with E-state index in [1.54, 1.807) is 31.4 Å². The number of carboxylic acid groups (broad SMARTS) is 1. The molecule has 0 spiro atoms. The number of methoxy groups -OCH3 is 1. The maximum atomic E-state index is 12.9. The second kappa shape index (κ2) is 7.62. The van der Waals surface area contributed by atoms with Gasteiger partial charge in [0.15, 0.2) is 0 Å². The van der Waals surface area contributed by atoms with Gasteiger partial charge in [0.05, 0.1) is 18.9 Å². The Morgan fingerprint density at radius 3 is 2.59 bits per heavy atom. The number of nitrogens with zero attached hydrogens (tertiary/aromatic N) is 1. The zero-order valence-corrected chi connectivity index (χ0v) is 16.0. The molecule has 8 heteroatoms. The Hall–Kier alpha value is -3.29. The molecule has 1 aromatic carbocycles. The van der Waals surface area contributed by atoms with Crippen molar-refractivity contribution in [1.29, 1.82) is 0 Å². The number of carbonyl (C=O) groups is 3. The third-order valence-corrected chi connectivity index (χ3v) is 5.65. The standard InChI is InChI=1S/C21H22N2O6/c1-28-14-3-5-15(6-4-14)29-21(27)22-16-7-2-12-8-9-23-11-13(20(25)26)10-17(24)18(16)19(12)23/h3-6,8-9,13,16,18H,2,7,10-11H2,1H3,(H,22,27)(H,25,26). The van der Waals surface area contributed by atoms with Crippen molar-refractivity contribution in [3.05, 3.63) is 47.8 Å². The van der Waals surface area contributed by atoms with Crippen molar-refractivity contribution in [2.24, 2.45) is 5.92 Å². The molecule has 3 unspecified atom stereocenters. The summed E-state index contributed by atoms with van der Waals surface area (Å²) in [4.78, 5) is 36.9. The molecule has 4 rings (SSSR count). The van der Waals surface area contributed by atoms with Crippen molar-refractivity contribution in [3.8, 4) is 11.5 Å².